The average Bonchev–Trinajstić information content (AvgIpc) is 2.11. The van der Waals surface area contributed by atoms with Gasteiger partial charge in [-0.1, -0.05) is 0 Å². The third kappa shape index (κ3) is 1.46. The molecule has 1 aliphatic rings. The monoisotopic (exact) mass is 200 g/mol. The van der Waals surface area contributed by atoms with Crippen molar-refractivity contribution in [3.63, 3.8) is 0 Å². The van der Waals surface area contributed by atoms with E-state index in [0.29, 0.717) is 4.55 Å². The molecule has 0 aromatic heterocycles. The molecule has 2 heteroatoms. The zero-order valence-corrected chi connectivity index (χ0v) is 8.70. The second-order valence-electron chi connectivity index (χ2n) is 3.49. The Bertz CT molecular complexity index is 196. The summed E-state index contributed by atoms with van der Waals surface area (Å²) in [6.45, 7) is 6.38. The van der Waals surface area contributed by atoms with E-state index in [2.05, 4.69) is 31.7 Å². The van der Waals surface area contributed by atoms with Crippen LogP contribution in [0.15, 0.2) is 21.1 Å². The molecule has 1 N–H and O–H groups in total. The van der Waals surface area contributed by atoms with Crippen molar-refractivity contribution in [3.05, 3.63) is 21.1 Å². The SMILES string of the molecule is CC(C)(C)C1=C(O)[AsH]C=C1. The summed E-state index contributed by atoms with van der Waals surface area (Å²) in [5, 5.41) is 9.40. The number of hydrogen-bond donors (Lipinski definition) is 1. The summed E-state index contributed by atoms with van der Waals surface area (Å²) in [6, 6.07) is 0. The summed E-state index contributed by atoms with van der Waals surface area (Å²) in [4.78, 5) is 2.12. The number of aliphatic hydroxyl groups is 1. The van der Waals surface area contributed by atoms with Gasteiger partial charge in [0.1, 0.15) is 0 Å². The van der Waals surface area contributed by atoms with Crippen LogP contribution in [0.4, 0.5) is 0 Å². The van der Waals surface area contributed by atoms with Crippen molar-refractivity contribution in [2.75, 3.05) is 0 Å². The molecular formula is C8H13AsO. The van der Waals surface area contributed by atoms with Crippen molar-refractivity contribution >= 4 is 15.8 Å². The maximum absolute atomic E-state index is 9.40. The first kappa shape index (κ1) is 7.94. The Morgan fingerprint density at radius 1 is 1.40 bits per heavy atom. The summed E-state index contributed by atoms with van der Waals surface area (Å²) in [6.07, 6.45) is 2.06. The first-order valence-corrected chi connectivity index (χ1v) is 5.64. The molecule has 0 aromatic carbocycles. The van der Waals surface area contributed by atoms with E-state index in [0.717, 1.165) is 5.57 Å². The molecule has 56 valence electrons. The van der Waals surface area contributed by atoms with Crippen LogP contribution in [0.1, 0.15) is 20.8 Å². The van der Waals surface area contributed by atoms with Crippen molar-refractivity contribution in [3.8, 4) is 0 Å². The van der Waals surface area contributed by atoms with Gasteiger partial charge in [0.05, 0.1) is 0 Å². The van der Waals surface area contributed by atoms with Gasteiger partial charge in [-0.25, -0.2) is 0 Å². The summed E-state index contributed by atoms with van der Waals surface area (Å²) >= 11 is -0.293. The molecule has 0 amide bonds. The Balaban J connectivity index is 2.91. The molecule has 0 aromatic rings. The minimum atomic E-state index is -0.293. The van der Waals surface area contributed by atoms with Crippen LogP contribution in [-0.2, 0) is 0 Å². The van der Waals surface area contributed by atoms with E-state index in [1.807, 2.05) is 0 Å². The van der Waals surface area contributed by atoms with Crippen LogP contribution in [0.3, 0.4) is 0 Å². The van der Waals surface area contributed by atoms with E-state index in [1.54, 1.807) is 0 Å². The average molecular weight is 200 g/mol. The molecular weight excluding hydrogens is 187 g/mol. The first-order valence-electron chi connectivity index (χ1n) is 3.38. The number of aliphatic hydroxyl groups excluding tert-OH is 1. The second-order valence-corrected chi connectivity index (χ2v) is 5.79. The Kier molecular flexibility index (Phi) is 1.96. The molecule has 1 nitrogen and oxygen atoms in total. The van der Waals surface area contributed by atoms with Crippen LogP contribution in [-0.4, -0.2) is 20.9 Å². The standard InChI is InChI=1S/C8H13AsO/c1-8(2,3)6-4-5-9-7(6)10/h4-5,9-10H,1-3H3. The van der Waals surface area contributed by atoms with Gasteiger partial charge in [-0.15, -0.1) is 0 Å². The molecule has 0 saturated carbocycles. The summed E-state index contributed by atoms with van der Waals surface area (Å²) in [5.41, 5.74) is 1.26. The molecule has 1 heterocycles. The molecule has 0 spiro atoms. The van der Waals surface area contributed by atoms with Gasteiger partial charge >= 0.3 is 68.1 Å². The molecule has 0 saturated heterocycles. The van der Waals surface area contributed by atoms with Crippen molar-refractivity contribution in [2.45, 2.75) is 20.8 Å². The van der Waals surface area contributed by atoms with E-state index in [-0.39, 0.29) is 21.2 Å². The number of rotatable bonds is 0. The third-order valence-corrected chi connectivity index (χ3v) is 3.37. The molecule has 1 aliphatic heterocycles. The molecule has 1 rings (SSSR count). The predicted octanol–water partition coefficient (Wildman–Crippen LogP) is 1.77. The molecule has 0 radical (unpaired) electrons. The molecule has 0 aliphatic carbocycles. The zero-order chi connectivity index (χ0) is 7.78. The number of allylic oxidation sites excluding steroid dienone is 2. The van der Waals surface area contributed by atoms with Gasteiger partial charge in [0.15, 0.2) is 0 Å². The number of hydrogen-bond acceptors (Lipinski definition) is 1. The van der Waals surface area contributed by atoms with Crippen LogP contribution in [0.2, 0.25) is 0 Å². The third-order valence-electron chi connectivity index (χ3n) is 1.53. The first-order chi connectivity index (χ1) is 4.52. The molecule has 10 heavy (non-hydrogen) atoms. The van der Waals surface area contributed by atoms with E-state index < -0.39 is 0 Å². The van der Waals surface area contributed by atoms with E-state index >= 15 is 0 Å². The molecule has 1 unspecified atom stereocenters. The van der Waals surface area contributed by atoms with E-state index in [9.17, 15) is 5.11 Å². The van der Waals surface area contributed by atoms with Crippen molar-refractivity contribution in [2.24, 2.45) is 5.41 Å². The van der Waals surface area contributed by atoms with Crippen LogP contribution in [0, 0.1) is 5.41 Å². The van der Waals surface area contributed by atoms with Gasteiger partial charge in [0, 0.05) is 0 Å². The van der Waals surface area contributed by atoms with Crippen molar-refractivity contribution < 1.29 is 5.11 Å². The van der Waals surface area contributed by atoms with Gasteiger partial charge in [0.25, 0.3) is 0 Å². The Labute approximate surface area is 68.5 Å². The van der Waals surface area contributed by atoms with Crippen molar-refractivity contribution in [1.82, 2.24) is 0 Å². The maximum atomic E-state index is 9.40. The topological polar surface area (TPSA) is 20.2 Å². The van der Waals surface area contributed by atoms with Crippen LogP contribution >= 0.6 is 0 Å². The van der Waals surface area contributed by atoms with Gasteiger partial charge in [-0.2, -0.15) is 0 Å². The summed E-state index contributed by atoms with van der Waals surface area (Å²) in [7, 11) is 0. The van der Waals surface area contributed by atoms with E-state index in [4.69, 9.17) is 0 Å². The van der Waals surface area contributed by atoms with Crippen LogP contribution in [0.5, 0.6) is 0 Å². The second kappa shape index (κ2) is 2.47. The molecule has 0 bridgehead atoms. The Hall–Kier alpha value is -0.162. The summed E-state index contributed by atoms with van der Waals surface area (Å²) in [5.74, 6) is 0. The van der Waals surface area contributed by atoms with Gasteiger partial charge in [-0.05, 0) is 0 Å². The summed E-state index contributed by atoms with van der Waals surface area (Å²) < 4.78 is 0.660. The minimum absolute atomic E-state index is 0.126. The Morgan fingerprint density at radius 3 is 2.20 bits per heavy atom. The molecule has 0 fully saturated rings. The fraction of sp³-hybridized carbons (Fsp3) is 0.500. The van der Waals surface area contributed by atoms with Crippen LogP contribution < -0.4 is 0 Å². The zero-order valence-electron chi connectivity index (χ0n) is 6.60. The van der Waals surface area contributed by atoms with Gasteiger partial charge < -0.3 is 0 Å². The molecule has 1 atom stereocenters. The van der Waals surface area contributed by atoms with Gasteiger partial charge in [0.2, 0.25) is 0 Å². The fourth-order valence-corrected chi connectivity index (χ4v) is 3.11. The van der Waals surface area contributed by atoms with Crippen molar-refractivity contribution in [1.29, 1.82) is 0 Å². The van der Waals surface area contributed by atoms with Gasteiger partial charge in [-0.3, -0.25) is 0 Å². The fourth-order valence-electron chi connectivity index (χ4n) is 0.966. The normalized spacial score (nSPS) is 21.1. The van der Waals surface area contributed by atoms with Crippen LogP contribution in [0.25, 0.3) is 0 Å². The predicted molar refractivity (Wildman–Crippen MR) is 45.4 cm³/mol. The quantitative estimate of drug-likeness (QED) is 0.591. The Morgan fingerprint density at radius 2 is 2.00 bits per heavy atom. The van der Waals surface area contributed by atoms with E-state index in [1.165, 1.54) is 0 Å².